The lowest BCUT2D eigenvalue weighted by Gasteiger charge is -2.10. The van der Waals surface area contributed by atoms with Gasteiger partial charge in [-0.15, -0.1) is 0 Å². The number of phenolic OH excluding ortho intramolecular Hbond substituents is 1. The highest BCUT2D eigenvalue weighted by atomic mass is 19.2. The molecule has 0 amide bonds. The second kappa shape index (κ2) is 6.12. The average Bonchev–Trinajstić information content (AvgIpc) is 2.50. The first-order chi connectivity index (χ1) is 10.7. The molecular weight excluding hydrogens is 316 g/mol. The van der Waals surface area contributed by atoms with Crippen molar-refractivity contribution < 1.29 is 32.2 Å². The van der Waals surface area contributed by atoms with Gasteiger partial charge in [0, 0.05) is 16.7 Å². The van der Waals surface area contributed by atoms with Crippen LogP contribution in [0.15, 0.2) is 36.4 Å². The van der Waals surface area contributed by atoms with Crippen molar-refractivity contribution in [3.8, 4) is 22.6 Å². The minimum atomic E-state index is -1.58. The van der Waals surface area contributed by atoms with Crippen LogP contribution in [0.25, 0.3) is 11.1 Å². The fourth-order valence-electron chi connectivity index (χ4n) is 1.75. The van der Waals surface area contributed by atoms with E-state index in [9.17, 15) is 22.4 Å². The molecule has 0 fully saturated rings. The smallest absolute Gasteiger partial charge is 0.338 e. The van der Waals surface area contributed by atoms with Gasteiger partial charge < -0.3 is 9.84 Å². The van der Waals surface area contributed by atoms with Crippen LogP contribution in [0, 0.1) is 23.3 Å². The van der Waals surface area contributed by atoms with Gasteiger partial charge in [-0.25, -0.2) is 13.6 Å². The van der Waals surface area contributed by atoms with Crippen molar-refractivity contribution in [3.63, 3.8) is 0 Å². The summed E-state index contributed by atoms with van der Waals surface area (Å²) in [4.78, 5) is 11.3. The minimum absolute atomic E-state index is 0.0273. The summed E-state index contributed by atoms with van der Waals surface area (Å²) in [5, 5.41) is 9.04. The largest absolute Gasteiger partial charge is 0.505 e. The number of aromatic hydroxyl groups is 1. The van der Waals surface area contributed by atoms with Crippen molar-refractivity contribution in [2.45, 2.75) is 6.92 Å². The number of rotatable bonds is 3. The summed E-state index contributed by atoms with van der Waals surface area (Å²) in [6.45, 7) is 4.61. The topological polar surface area (TPSA) is 46.5 Å². The lowest BCUT2D eigenvalue weighted by atomic mass is 10.0. The molecular formula is C16H10F4O3. The third-order valence-electron chi connectivity index (χ3n) is 2.95. The molecule has 0 aliphatic heterocycles. The quantitative estimate of drug-likeness (QED) is 0.400. The summed E-state index contributed by atoms with van der Waals surface area (Å²) in [5.74, 6) is -8.81. The van der Waals surface area contributed by atoms with E-state index in [0.29, 0.717) is 0 Å². The van der Waals surface area contributed by atoms with E-state index < -0.39 is 51.9 Å². The molecule has 2 rings (SSSR count). The van der Waals surface area contributed by atoms with Gasteiger partial charge >= 0.3 is 5.97 Å². The molecule has 0 aromatic heterocycles. The van der Waals surface area contributed by atoms with Crippen molar-refractivity contribution in [3.05, 3.63) is 59.7 Å². The summed E-state index contributed by atoms with van der Waals surface area (Å²) < 4.78 is 59.7. The van der Waals surface area contributed by atoms with Crippen LogP contribution in [0.4, 0.5) is 17.6 Å². The Morgan fingerprint density at radius 3 is 2.04 bits per heavy atom. The van der Waals surface area contributed by atoms with Crippen LogP contribution in [-0.4, -0.2) is 11.1 Å². The number of phenols is 1. The zero-order valence-electron chi connectivity index (χ0n) is 11.8. The highest BCUT2D eigenvalue weighted by Gasteiger charge is 2.22. The maximum absolute atomic E-state index is 14.1. The van der Waals surface area contributed by atoms with E-state index in [1.165, 1.54) is 6.92 Å². The monoisotopic (exact) mass is 326 g/mol. The molecule has 2 aromatic rings. The van der Waals surface area contributed by atoms with E-state index in [2.05, 4.69) is 11.3 Å². The maximum Gasteiger partial charge on any atom is 0.338 e. The zero-order valence-corrected chi connectivity index (χ0v) is 11.8. The summed E-state index contributed by atoms with van der Waals surface area (Å²) >= 11 is 0. The fraction of sp³-hybridized carbons (Fsp3) is 0.0625. The summed E-state index contributed by atoms with van der Waals surface area (Å²) in [5.41, 5.74) is -1.20. The Bertz CT molecular complexity index is 815. The Kier molecular flexibility index (Phi) is 4.40. The van der Waals surface area contributed by atoms with Crippen molar-refractivity contribution in [2.75, 3.05) is 0 Å². The van der Waals surface area contributed by atoms with E-state index in [-0.39, 0.29) is 5.57 Å². The molecule has 0 heterocycles. The van der Waals surface area contributed by atoms with Crippen molar-refractivity contribution in [1.29, 1.82) is 0 Å². The Morgan fingerprint density at radius 2 is 1.48 bits per heavy atom. The van der Waals surface area contributed by atoms with Crippen LogP contribution in [0.3, 0.4) is 0 Å². The molecule has 3 nitrogen and oxygen atoms in total. The number of benzene rings is 2. The summed E-state index contributed by atoms with van der Waals surface area (Å²) in [6, 6.07) is 3.53. The van der Waals surface area contributed by atoms with E-state index >= 15 is 0 Å². The van der Waals surface area contributed by atoms with E-state index in [0.717, 1.165) is 24.3 Å². The second-order valence-electron chi connectivity index (χ2n) is 4.67. The Labute approximate surface area is 128 Å². The predicted octanol–water partition coefficient (Wildman–Crippen LogP) is 4.10. The zero-order chi connectivity index (χ0) is 17.3. The highest BCUT2D eigenvalue weighted by molar-refractivity contribution is 5.88. The van der Waals surface area contributed by atoms with Crippen molar-refractivity contribution in [1.82, 2.24) is 0 Å². The number of ether oxygens (including phenoxy) is 1. The van der Waals surface area contributed by atoms with Crippen molar-refractivity contribution in [2.24, 2.45) is 0 Å². The van der Waals surface area contributed by atoms with E-state index in [1.807, 2.05) is 0 Å². The molecule has 0 saturated heterocycles. The molecule has 0 bridgehead atoms. The van der Waals surface area contributed by atoms with Crippen LogP contribution >= 0.6 is 0 Å². The summed E-state index contributed by atoms with van der Waals surface area (Å²) in [7, 11) is 0. The van der Waals surface area contributed by atoms with Crippen LogP contribution in [-0.2, 0) is 4.79 Å². The van der Waals surface area contributed by atoms with Gasteiger partial charge in [-0.1, -0.05) is 6.58 Å². The van der Waals surface area contributed by atoms with Gasteiger partial charge in [0.25, 0.3) is 0 Å². The number of hydrogen-bond acceptors (Lipinski definition) is 3. The van der Waals surface area contributed by atoms with Gasteiger partial charge in [0.1, 0.15) is 0 Å². The molecule has 2 aromatic carbocycles. The van der Waals surface area contributed by atoms with Gasteiger partial charge in [0.15, 0.2) is 23.1 Å². The highest BCUT2D eigenvalue weighted by Crippen LogP contribution is 2.34. The lowest BCUT2D eigenvalue weighted by molar-refractivity contribution is -0.130. The SMILES string of the molecule is C=C(C)C(=O)Oc1ccc(-c2ccc(O)c(F)c2F)c(F)c1F. The average molecular weight is 326 g/mol. The third-order valence-corrected chi connectivity index (χ3v) is 2.95. The van der Waals surface area contributed by atoms with Crippen LogP contribution in [0.2, 0.25) is 0 Å². The molecule has 0 spiro atoms. The Morgan fingerprint density at radius 1 is 0.957 bits per heavy atom. The lowest BCUT2D eigenvalue weighted by Crippen LogP contribution is -2.10. The van der Waals surface area contributed by atoms with Crippen LogP contribution in [0.1, 0.15) is 6.92 Å². The van der Waals surface area contributed by atoms with E-state index in [4.69, 9.17) is 5.11 Å². The normalized spacial score (nSPS) is 10.5. The molecule has 0 atom stereocenters. The van der Waals surface area contributed by atoms with Crippen molar-refractivity contribution >= 4 is 5.97 Å². The van der Waals surface area contributed by atoms with Gasteiger partial charge in [0.2, 0.25) is 11.6 Å². The molecule has 7 heteroatoms. The van der Waals surface area contributed by atoms with Gasteiger partial charge in [-0.05, 0) is 31.2 Å². The number of halogens is 4. The summed E-state index contributed by atoms with van der Waals surface area (Å²) in [6.07, 6.45) is 0. The Balaban J connectivity index is 2.51. The van der Waals surface area contributed by atoms with Crippen LogP contribution < -0.4 is 4.74 Å². The molecule has 0 unspecified atom stereocenters. The Hall–Kier alpha value is -2.83. The van der Waals surface area contributed by atoms with Gasteiger partial charge in [-0.3, -0.25) is 0 Å². The molecule has 0 aliphatic rings. The van der Waals surface area contributed by atoms with Gasteiger partial charge in [-0.2, -0.15) is 8.78 Å². The predicted molar refractivity (Wildman–Crippen MR) is 73.8 cm³/mol. The molecule has 1 N–H and O–H groups in total. The van der Waals surface area contributed by atoms with Crippen LogP contribution in [0.5, 0.6) is 11.5 Å². The third kappa shape index (κ3) is 3.03. The molecule has 0 aliphatic carbocycles. The first-order valence-electron chi connectivity index (χ1n) is 6.27. The van der Waals surface area contributed by atoms with E-state index in [1.54, 1.807) is 0 Å². The second-order valence-corrected chi connectivity index (χ2v) is 4.67. The molecule has 0 saturated carbocycles. The first kappa shape index (κ1) is 16.5. The number of esters is 1. The minimum Gasteiger partial charge on any atom is -0.505 e. The molecule has 120 valence electrons. The first-order valence-corrected chi connectivity index (χ1v) is 6.27. The van der Waals surface area contributed by atoms with Gasteiger partial charge in [0.05, 0.1) is 0 Å². The number of carbonyl (C=O) groups excluding carboxylic acids is 1. The number of hydrogen-bond donors (Lipinski definition) is 1. The maximum atomic E-state index is 14.1. The number of carbonyl (C=O) groups is 1. The fourth-order valence-corrected chi connectivity index (χ4v) is 1.75. The molecule has 23 heavy (non-hydrogen) atoms. The standard InChI is InChI=1S/C16H10F4O3/c1-7(2)16(22)23-11-6-4-9(13(18)15(11)20)8-3-5-10(21)14(19)12(8)17/h3-6,21H,1H2,2H3. The molecule has 0 radical (unpaired) electrons.